The average molecular weight is 311 g/mol. The van der Waals surface area contributed by atoms with Gasteiger partial charge in [0, 0.05) is 4.88 Å². The molecule has 1 nitrogen and oxygen atoms in total. The fourth-order valence-electron chi connectivity index (χ4n) is 1.95. The number of aliphatic hydroxyl groups excluding tert-OH is 1. The van der Waals surface area contributed by atoms with Crippen LogP contribution in [0.25, 0.3) is 0 Å². The second-order valence-electron chi connectivity index (χ2n) is 4.43. The first kappa shape index (κ1) is 12.8. The van der Waals surface area contributed by atoms with Gasteiger partial charge in [0.1, 0.15) is 6.10 Å². The second kappa shape index (κ2) is 4.92. The first-order valence-electron chi connectivity index (χ1n) is 5.49. The Balaban J connectivity index is 2.39. The molecule has 2 aromatic rings. The Morgan fingerprint density at radius 2 is 1.65 bits per heavy atom. The molecule has 90 valence electrons. The van der Waals surface area contributed by atoms with Gasteiger partial charge in [-0.15, -0.1) is 11.3 Å². The fraction of sp³-hybridized carbons (Fsp3) is 0.286. The van der Waals surface area contributed by atoms with Crippen LogP contribution in [-0.4, -0.2) is 5.11 Å². The number of halogens is 1. The molecule has 0 bridgehead atoms. The highest BCUT2D eigenvalue weighted by atomic mass is 79.9. The Kier molecular flexibility index (Phi) is 3.71. The van der Waals surface area contributed by atoms with Crippen molar-refractivity contribution < 1.29 is 5.11 Å². The summed E-state index contributed by atoms with van der Waals surface area (Å²) >= 11 is 5.09. The van der Waals surface area contributed by atoms with Crippen LogP contribution < -0.4 is 0 Å². The summed E-state index contributed by atoms with van der Waals surface area (Å²) in [6.07, 6.45) is -0.524. The molecular weight excluding hydrogens is 296 g/mol. The largest absolute Gasteiger partial charge is 0.383 e. The van der Waals surface area contributed by atoms with Crippen molar-refractivity contribution in [3.05, 3.63) is 55.2 Å². The van der Waals surface area contributed by atoms with E-state index in [9.17, 15) is 5.11 Å². The summed E-state index contributed by atoms with van der Waals surface area (Å²) in [7, 11) is 0. The highest BCUT2D eigenvalue weighted by molar-refractivity contribution is 9.11. The maximum Gasteiger partial charge on any atom is 0.113 e. The smallest absolute Gasteiger partial charge is 0.113 e. The third kappa shape index (κ3) is 2.79. The van der Waals surface area contributed by atoms with Crippen LogP contribution in [0.2, 0.25) is 0 Å². The number of benzene rings is 1. The van der Waals surface area contributed by atoms with E-state index in [4.69, 9.17) is 0 Å². The highest BCUT2D eigenvalue weighted by Crippen LogP contribution is 2.34. The van der Waals surface area contributed by atoms with Crippen LogP contribution in [-0.2, 0) is 0 Å². The number of aryl methyl sites for hydroxylation is 3. The van der Waals surface area contributed by atoms with E-state index in [0.717, 1.165) is 14.2 Å². The van der Waals surface area contributed by atoms with Crippen LogP contribution in [0, 0.1) is 20.8 Å². The Morgan fingerprint density at radius 3 is 2.12 bits per heavy atom. The average Bonchev–Trinajstić information content (AvgIpc) is 2.57. The van der Waals surface area contributed by atoms with Gasteiger partial charge in [0.15, 0.2) is 0 Å². The molecule has 1 aromatic heterocycles. The standard InChI is InChI=1S/C14H15BrOS/c1-8-4-9(2)6-11(5-8)13(16)12-7-10(3)14(15)17-12/h4-7,13,16H,1-3H3. The van der Waals surface area contributed by atoms with Crippen molar-refractivity contribution >= 4 is 27.3 Å². The lowest BCUT2D eigenvalue weighted by molar-refractivity contribution is 0.224. The van der Waals surface area contributed by atoms with Crippen LogP contribution in [0.3, 0.4) is 0 Å². The van der Waals surface area contributed by atoms with Gasteiger partial charge in [0.05, 0.1) is 3.79 Å². The van der Waals surface area contributed by atoms with Crippen LogP contribution >= 0.6 is 27.3 Å². The molecule has 0 saturated carbocycles. The van der Waals surface area contributed by atoms with Gasteiger partial charge in [-0.3, -0.25) is 0 Å². The topological polar surface area (TPSA) is 20.2 Å². The van der Waals surface area contributed by atoms with Crippen LogP contribution in [0.1, 0.15) is 33.2 Å². The number of thiophene rings is 1. The molecule has 0 spiro atoms. The zero-order valence-corrected chi connectivity index (χ0v) is 12.5. The number of aliphatic hydroxyl groups is 1. The van der Waals surface area contributed by atoms with Gasteiger partial charge >= 0.3 is 0 Å². The van der Waals surface area contributed by atoms with Crippen molar-refractivity contribution in [3.63, 3.8) is 0 Å². The first-order chi connectivity index (χ1) is 7.97. The van der Waals surface area contributed by atoms with E-state index in [1.165, 1.54) is 16.7 Å². The normalized spacial score (nSPS) is 12.8. The van der Waals surface area contributed by atoms with E-state index in [1.807, 2.05) is 25.1 Å². The van der Waals surface area contributed by atoms with Gasteiger partial charge in [0.2, 0.25) is 0 Å². The van der Waals surface area contributed by atoms with Crippen molar-refractivity contribution in [2.24, 2.45) is 0 Å². The molecule has 0 saturated heterocycles. The van der Waals surface area contributed by atoms with Gasteiger partial charge in [-0.05, 0) is 53.9 Å². The molecule has 0 aliphatic heterocycles. The molecule has 1 aromatic carbocycles. The molecule has 0 aliphatic rings. The molecule has 0 aliphatic carbocycles. The lowest BCUT2D eigenvalue weighted by Crippen LogP contribution is -1.98. The Morgan fingerprint density at radius 1 is 1.06 bits per heavy atom. The minimum atomic E-state index is -0.524. The minimum absolute atomic E-state index is 0.524. The van der Waals surface area contributed by atoms with E-state index >= 15 is 0 Å². The number of hydrogen-bond donors (Lipinski definition) is 1. The second-order valence-corrected chi connectivity index (χ2v) is 6.83. The third-order valence-corrected chi connectivity index (χ3v) is 4.89. The zero-order valence-electron chi connectivity index (χ0n) is 10.1. The zero-order chi connectivity index (χ0) is 12.6. The summed E-state index contributed by atoms with van der Waals surface area (Å²) in [6, 6.07) is 8.24. The Labute approximate surface area is 114 Å². The number of hydrogen-bond acceptors (Lipinski definition) is 2. The lowest BCUT2D eigenvalue weighted by Gasteiger charge is -2.11. The van der Waals surface area contributed by atoms with Gasteiger partial charge in [0.25, 0.3) is 0 Å². The van der Waals surface area contributed by atoms with Crippen molar-refractivity contribution in [3.8, 4) is 0 Å². The summed E-state index contributed by atoms with van der Waals surface area (Å²) in [5.74, 6) is 0. The molecule has 1 atom stereocenters. The van der Waals surface area contributed by atoms with E-state index in [2.05, 4.69) is 35.8 Å². The monoisotopic (exact) mass is 310 g/mol. The van der Waals surface area contributed by atoms with Crippen LogP contribution in [0.4, 0.5) is 0 Å². The van der Waals surface area contributed by atoms with Crippen LogP contribution in [0.15, 0.2) is 28.1 Å². The van der Waals surface area contributed by atoms with Crippen molar-refractivity contribution in [1.29, 1.82) is 0 Å². The molecule has 1 heterocycles. The first-order valence-corrected chi connectivity index (χ1v) is 7.10. The van der Waals surface area contributed by atoms with Gasteiger partial charge < -0.3 is 5.11 Å². The summed E-state index contributed by atoms with van der Waals surface area (Å²) in [4.78, 5) is 0.986. The fourth-order valence-corrected chi connectivity index (χ4v) is 3.54. The predicted molar refractivity (Wildman–Crippen MR) is 76.7 cm³/mol. The number of rotatable bonds is 2. The highest BCUT2D eigenvalue weighted by Gasteiger charge is 2.15. The van der Waals surface area contributed by atoms with E-state index in [1.54, 1.807) is 11.3 Å². The van der Waals surface area contributed by atoms with Gasteiger partial charge in [-0.25, -0.2) is 0 Å². The molecule has 0 amide bonds. The molecule has 0 radical (unpaired) electrons. The molecule has 3 heteroatoms. The summed E-state index contributed by atoms with van der Waals surface area (Å²) < 4.78 is 1.09. The molecule has 17 heavy (non-hydrogen) atoms. The molecule has 0 fully saturated rings. The predicted octanol–water partition coefficient (Wildman–Crippen LogP) is 4.52. The summed E-state index contributed by atoms with van der Waals surface area (Å²) in [6.45, 7) is 6.15. The Bertz CT molecular complexity index is 505. The quantitative estimate of drug-likeness (QED) is 0.864. The van der Waals surface area contributed by atoms with Crippen molar-refractivity contribution in [2.75, 3.05) is 0 Å². The van der Waals surface area contributed by atoms with E-state index < -0.39 is 6.10 Å². The molecule has 1 N–H and O–H groups in total. The van der Waals surface area contributed by atoms with Crippen molar-refractivity contribution in [1.82, 2.24) is 0 Å². The molecular formula is C14H15BrOS. The maximum absolute atomic E-state index is 10.4. The Hall–Kier alpha value is -0.640. The van der Waals surface area contributed by atoms with E-state index in [-0.39, 0.29) is 0 Å². The van der Waals surface area contributed by atoms with Gasteiger partial charge in [-0.2, -0.15) is 0 Å². The lowest BCUT2D eigenvalue weighted by atomic mass is 10.0. The maximum atomic E-state index is 10.4. The van der Waals surface area contributed by atoms with Crippen LogP contribution in [0.5, 0.6) is 0 Å². The SMILES string of the molecule is Cc1cc(C)cc(C(O)c2cc(C)c(Br)s2)c1. The summed E-state index contributed by atoms with van der Waals surface area (Å²) in [5.41, 5.74) is 4.52. The van der Waals surface area contributed by atoms with Gasteiger partial charge in [-0.1, -0.05) is 29.3 Å². The summed E-state index contributed by atoms with van der Waals surface area (Å²) in [5, 5.41) is 10.4. The molecule has 1 unspecified atom stereocenters. The third-order valence-electron chi connectivity index (χ3n) is 2.71. The molecule has 2 rings (SSSR count). The van der Waals surface area contributed by atoms with Crippen molar-refractivity contribution in [2.45, 2.75) is 26.9 Å². The minimum Gasteiger partial charge on any atom is -0.383 e. The van der Waals surface area contributed by atoms with E-state index in [0.29, 0.717) is 0 Å².